The minimum atomic E-state index is -2.29. The maximum absolute atomic E-state index is 6.47. The van der Waals surface area contributed by atoms with Crippen LogP contribution in [0.1, 0.15) is 0 Å². The van der Waals surface area contributed by atoms with Crippen molar-refractivity contribution in [3.05, 3.63) is 66.7 Å². The summed E-state index contributed by atoms with van der Waals surface area (Å²) in [5.74, 6) is 2.96. The van der Waals surface area contributed by atoms with Crippen molar-refractivity contribution in [2.75, 3.05) is 0 Å². The molecule has 2 aliphatic heterocycles. The molecule has 0 unspecified atom stereocenters. The van der Waals surface area contributed by atoms with E-state index in [0.29, 0.717) is 0 Å². The first-order valence-electron chi connectivity index (χ1n) is 7.07. The molecular formula is C18H11GaO2. The molecule has 0 fully saturated rings. The Balaban J connectivity index is 1.85. The van der Waals surface area contributed by atoms with Gasteiger partial charge in [0.1, 0.15) is 0 Å². The zero-order valence-electron chi connectivity index (χ0n) is 11.2. The van der Waals surface area contributed by atoms with E-state index in [9.17, 15) is 0 Å². The first kappa shape index (κ1) is 11.5. The Labute approximate surface area is 128 Å². The van der Waals surface area contributed by atoms with Crippen molar-refractivity contribution in [3.8, 4) is 28.4 Å². The van der Waals surface area contributed by atoms with Crippen LogP contribution in [-0.4, -0.2) is 16.6 Å². The van der Waals surface area contributed by atoms with Crippen LogP contribution in [0, 0.1) is 0 Å². The molecule has 0 saturated heterocycles. The molecule has 0 amide bonds. The minimum absolute atomic E-state index is 0.964. The van der Waals surface area contributed by atoms with Gasteiger partial charge in [0.2, 0.25) is 0 Å². The average Bonchev–Trinajstić information content (AvgIpc) is 2.55. The molecule has 5 rings (SSSR count). The molecular weight excluding hydrogens is 318 g/mol. The SMILES string of the molecule is c1ccc2c(c1)[O][Ga]1[c]3ccccc3Oc3cccc-2[c]31. The van der Waals surface area contributed by atoms with Crippen molar-refractivity contribution in [2.24, 2.45) is 0 Å². The summed E-state index contributed by atoms with van der Waals surface area (Å²) in [6.07, 6.45) is 0. The zero-order valence-corrected chi connectivity index (χ0v) is 13.7. The second-order valence-electron chi connectivity index (χ2n) is 5.35. The number of fused-ring (bicyclic) bond motifs is 4. The molecule has 0 radical (unpaired) electrons. The summed E-state index contributed by atoms with van der Waals surface area (Å²) in [5, 5.41) is 0. The monoisotopic (exact) mass is 328 g/mol. The molecule has 2 heterocycles. The van der Waals surface area contributed by atoms with Crippen LogP contribution in [0.3, 0.4) is 0 Å². The maximum atomic E-state index is 6.47. The first-order chi connectivity index (χ1) is 10.4. The Kier molecular flexibility index (Phi) is 2.31. The number of para-hydroxylation sites is 2. The van der Waals surface area contributed by atoms with Crippen LogP contribution in [-0.2, 0) is 0 Å². The summed E-state index contributed by atoms with van der Waals surface area (Å²) in [5.41, 5.74) is 2.47. The summed E-state index contributed by atoms with van der Waals surface area (Å²) in [7, 11) is 0. The molecule has 0 bridgehead atoms. The predicted molar refractivity (Wildman–Crippen MR) is 84.0 cm³/mol. The van der Waals surface area contributed by atoms with Gasteiger partial charge in [0.25, 0.3) is 0 Å². The third-order valence-electron chi connectivity index (χ3n) is 4.17. The van der Waals surface area contributed by atoms with Crippen LogP contribution in [0.15, 0.2) is 66.7 Å². The van der Waals surface area contributed by atoms with Gasteiger partial charge in [0.05, 0.1) is 0 Å². The Morgan fingerprint density at radius 2 is 1.33 bits per heavy atom. The third kappa shape index (κ3) is 1.56. The molecule has 98 valence electrons. The molecule has 0 aromatic heterocycles. The van der Waals surface area contributed by atoms with E-state index in [1.807, 2.05) is 18.2 Å². The van der Waals surface area contributed by atoms with E-state index in [0.717, 1.165) is 17.2 Å². The number of hydrogen-bond donors (Lipinski definition) is 0. The van der Waals surface area contributed by atoms with Gasteiger partial charge in [-0.05, 0) is 0 Å². The van der Waals surface area contributed by atoms with Gasteiger partial charge in [-0.15, -0.1) is 0 Å². The van der Waals surface area contributed by atoms with Crippen molar-refractivity contribution in [2.45, 2.75) is 0 Å². The number of ether oxygens (including phenoxy) is 1. The molecule has 0 aliphatic carbocycles. The summed E-state index contributed by atoms with van der Waals surface area (Å²) in [6, 6.07) is 22.9. The fourth-order valence-corrected chi connectivity index (χ4v) is 8.83. The summed E-state index contributed by atoms with van der Waals surface area (Å²) in [6.45, 7) is 0. The number of rotatable bonds is 0. The summed E-state index contributed by atoms with van der Waals surface area (Å²) >= 11 is -2.29. The quantitative estimate of drug-likeness (QED) is 0.591. The van der Waals surface area contributed by atoms with Crippen LogP contribution in [0.25, 0.3) is 11.1 Å². The third-order valence-corrected chi connectivity index (χ3v) is 9.73. The zero-order chi connectivity index (χ0) is 13.8. The van der Waals surface area contributed by atoms with Gasteiger partial charge in [-0.25, -0.2) is 0 Å². The topological polar surface area (TPSA) is 18.5 Å². The molecule has 2 aliphatic rings. The fraction of sp³-hybridized carbons (Fsp3) is 0. The Morgan fingerprint density at radius 1 is 0.619 bits per heavy atom. The summed E-state index contributed by atoms with van der Waals surface area (Å²) < 4.78 is 15.2. The van der Waals surface area contributed by atoms with Gasteiger partial charge < -0.3 is 0 Å². The molecule has 21 heavy (non-hydrogen) atoms. The first-order valence-corrected chi connectivity index (χ1v) is 10.5. The van der Waals surface area contributed by atoms with E-state index in [-0.39, 0.29) is 0 Å². The number of benzene rings is 3. The summed E-state index contributed by atoms with van der Waals surface area (Å²) in [4.78, 5) is 0. The average molecular weight is 329 g/mol. The molecule has 3 heteroatoms. The van der Waals surface area contributed by atoms with Crippen molar-refractivity contribution >= 4 is 24.8 Å². The Morgan fingerprint density at radius 3 is 2.29 bits per heavy atom. The van der Waals surface area contributed by atoms with Crippen LogP contribution in [0.5, 0.6) is 17.2 Å². The van der Waals surface area contributed by atoms with Gasteiger partial charge in [-0.1, -0.05) is 0 Å². The fourth-order valence-electron chi connectivity index (χ4n) is 3.24. The molecule has 3 aromatic carbocycles. The van der Waals surface area contributed by atoms with Gasteiger partial charge in [0.15, 0.2) is 0 Å². The van der Waals surface area contributed by atoms with Gasteiger partial charge >= 0.3 is 128 Å². The van der Waals surface area contributed by atoms with E-state index >= 15 is 0 Å². The number of hydrogen-bond acceptors (Lipinski definition) is 2. The molecule has 0 spiro atoms. The molecule has 0 atom stereocenters. The molecule has 0 N–H and O–H groups in total. The van der Waals surface area contributed by atoms with Gasteiger partial charge in [-0.3, -0.25) is 0 Å². The van der Waals surface area contributed by atoms with E-state index in [1.165, 1.54) is 19.4 Å². The Bertz CT molecular complexity index is 873. The van der Waals surface area contributed by atoms with Crippen molar-refractivity contribution in [3.63, 3.8) is 0 Å². The van der Waals surface area contributed by atoms with E-state index in [1.54, 1.807) is 0 Å². The second-order valence-corrected chi connectivity index (χ2v) is 9.96. The van der Waals surface area contributed by atoms with Crippen LogP contribution >= 0.6 is 0 Å². The Hall–Kier alpha value is -2.10. The van der Waals surface area contributed by atoms with E-state index < -0.39 is 16.6 Å². The van der Waals surface area contributed by atoms with Crippen LogP contribution in [0.4, 0.5) is 0 Å². The van der Waals surface area contributed by atoms with Crippen LogP contribution < -0.4 is 16.5 Å². The van der Waals surface area contributed by atoms with Gasteiger partial charge in [0, 0.05) is 0 Å². The van der Waals surface area contributed by atoms with Crippen molar-refractivity contribution in [1.29, 1.82) is 0 Å². The molecule has 2 nitrogen and oxygen atoms in total. The molecule has 0 saturated carbocycles. The standard InChI is InChI=1S/C18H12O2.Ga/c19-18-12-5-4-11-17(18)14-7-6-10-16(13-14)20-15-8-2-1-3-9-15;/h1-8,10-12,19H;/q;+1/p-1. The normalized spacial score (nSPS) is 13.4. The van der Waals surface area contributed by atoms with Gasteiger partial charge in [-0.2, -0.15) is 0 Å². The second kappa shape index (κ2) is 4.20. The van der Waals surface area contributed by atoms with Crippen molar-refractivity contribution in [1.82, 2.24) is 0 Å². The van der Waals surface area contributed by atoms with Crippen molar-refractivity contribution < 1.29 is 8.27 Å². The predicted octanol–water partition coefficient (Wildman–Crippen LogP) is 2.96. The van der Waals surface area contributed by atoms with E-state index in [4.69, 9.17) is 8.27 Å². The van der Waals surface area contributed by atoms with E-state index in [2.05, 4.69) is 48.5 Å². The van der Waals surface area contributed by atoms with Crippen LogP contribution in [0.2, 0.25) is 0 Å². The molecule has 3 aromatic rings.